The first kappa shape index (κ1) is 21.8. The summed E-state index contributed by atoms with van der Waals surface area (Å²) < 4.78 is 10.9. The fourth-order valence-electron chi connectivity index (χ4n) is 2.76. The molecule has 0 saturated heterocycles. The maximum Gasteiger partial charge on any atom is 0.338 e. The number of carbonyl (C=O) groups excluding carboxylic acids is 3. The van der Waals surface area contributed by atoms with Gasteiger partial charge in [0.1, 0.15) is 12.4 Å². The molecule has 31 heavy (non-hydrogen) atoms. The quantitative estimate of drug-likeness (QED) is 0.426. The van der Waals surface area contributed by atoms with Gasteiger partial charge in [-0.05, 0) is 55.8 Å². The highest BCUT2D eigenvalue weighted by Crippen LogP contribution is 2.15. The van der Waals surface area contributed by atoms with Gasteiger partial charge >= 0.3 is 5.97 Å². The largest absolute Gasteiger partial charge is 0.489 e. The van der Waals surface area contributed by atoms with Crippen molar-refractivity contribution in [2.45, 2.75) is 26.6 Å². The van der Waals surface area contributed by atoms with Crippen molar-refractivity contribution in [1.29, 1.82) is 0 Å². The summed E-state index contributed by atoms with van der Waals surface area (Å²) in [6, 6.07) is 22.8. The van der Waals surface area contributed by atoms with Crippen LogP contribution in [0, 0.1) is 0 Å². The highest BCUT2D eigenvalue weighted by molar-refractivity contribution is 5.99. The van der Waals surface area contributed by atoms with E-state index in [0.717, 1.165) is 11.3 Å². The molecule has 0 bridgehead atoms. The van der Waals surface area contributed by atoms with E-state index in [9.17, 15) is 14.4 Å². The number of carbonyl (C=O) groups is 3. The van der Waals surface area contributed by atoms with Crippen LogP contribution >= 0.6 is 0 Å². The van der Waals surface area contributed by atoms with Gasteiger partial charge in [0.25, 0.3) is 5.91 Å². The van der Waals surface area contributed by atoms with E-state index in [4.69, 9.17) is 9.47 Å². The Morgan fingerprint density at radius 3 is 2.26 bits per heavy atom. The third-order valence-electron chi connectivity index (χ3n) is 4.53. The molecule has 0 aliphatic carbocycles. The molecule has 0 unspecified atom stereocenters. The van der Waals surface area contributed by atoms with Gasteiger partial charge in [0.05, 0.1) is 5.56 Å². The molecular weight excluding hydrogens is 394 g/mol. The lowest BCUT2D eigenvalue weighted by molar-refractivity contribution is -0.123. The fraction of sp³-hybridized carbons (Fsp3) is 0.160. The number of anilines is 1. The van der Waals surface area contributed by atoms with Gasteiger partial charge < -0.3 is 14.8 Å². The van der Waals surface area contributed by atoms with E-state index in [1.165, 1.54) is 13.8 Å². The van der Waals surface area contributed by atoms with Crippen molar-refractivity contribution in [2.75, 3.05) is 5.32 Å². The Balaban J connectivity index is 1.53. The average Bonchev–Trinajstić information content (AvgIpc) is 2.78. The van der Waals surface area contributed by atoms with Gasteiger partial charge in [-0.15, -0.1) is 0 Å². The minimum Gasteiger partial charge on any atom is -0.489 e. The lowest BCUT2D eigenvalue weighted by Crippen LogP contribution is -2.30. The lowest BCUT2D eigenvalue weighted by Gasteiger charge is -2.14. The molecule has 0 fully saturated rings. The second kappa shape index (κ2) is 10.2. The summed E-state index contributed by atoms with van der Waals surface area (Å²) in [5, 5.41) is 2.65. The number of para-hydroxylation sites is 1. The van der Waals surface area contributed by atoms with Crippen molar-refractivity contribution < 1.29 is 23.9 Å². The van der Waals surface area contributed by atoms with Crippen LogP contribution in [0.3, 0.4) is 0 Å². The van der Waals surface area contributed by atoms with Crippen molar-refractivity contribution in [2.24, 2.45) is 0 Å². The van der Waals surface area contributed by atoms with Crippen LogP contribution in [0.1, 0.15) is 40.1 Å². The number of ether oxygens (including phenoxy) is 2. The zero-order valence-electron chi connectivity index (χ0n) is 17.3. The van der Waals surface area contributed by atoms with Crippen molar-refractivity contribution in [3.8, 4) is 5.75 Å². The van der Waals surface area contributed by atoms with Crippen LogP contribution in [0.15, 0.2) is 78.9 Å². The van der Waals surface area contributed by atoms with Crippen molar-refractivity contribution in [1.82, 2.24) is 0 Å². The topological polar surface area (TPSA) is 81.7 Å². The number of nitrogens with one attached hydrogen (secondary N) is 1. The molecule has 6 nitrogen and oxygen atoms in total. The molecule has 1 N–H and O–H groups in total. The molecule has 1 amide bonds. The van der Waals surface area contributed by atoms with Gasteiger partial charge in [-0.2, -0.15) is 0 Å². The number of amides is 1. The first-order valence-electron chi connectivity index (χ1n) is 9.82. The maximum atomic E-state index is 12.4. The Hall–Kier alpha value is -3.93. The number of Topliss-reactive ketones (excluding diaryl/α,β-unsaturated/α-hetero) is 1. The van der Waals surface area contributed by atoms with Gasteiger partial charge in [-0.1, -0.05) is 42.5 Å². The molecule has 0 spiro atoms. The van der Waals surface area contributed by atoms with Gasteiger partial charge in [-0.3, -0.25) is 9.59 Å². The zero-order chi connectivity index (χ0) is 22.2. The van der Waals surface area contributed by atoms with Crippen LogP contribution in [0.25, 0.3) is 0 Å². The average molecular weight is 417 g/mol. The summed E-state index contributed by atoms with van der Waals surface area (Å²) in [6.45, 7) is 3.31. The highest BCUT2D eigenvalue weighted by atomic mass is 16.5. The van der Waals surface area contributed by atoms with E-state index < -0.39 is 18.0 Å². The predicted molar refractivity (Wildman–Crippen MR) is 117 cm³/mol. The highest BCUT2D eigenvalue weighted by Gasteiger charge is 2.19. The van der Waals surface area contributed by atoms with Crippen molar-refractivity contribution >= 4 is 23.3 Å². The van der Waals surface area contributed by atoms with Crippen LogP contribution in [-0.4, -0.2) is 23.8 Å². The van der Waals surface area contributed by atoms with Crippen LogP contribution in [0.5, 0.6) is 5.75 Å². The third kappa shape index (κ3) is 6.27. The van der Waals surface area contributed by atoms with Crippen LogP contribution < -0.4 is 10.1 Å². The third-order valence-corrected chi connectivity index (χ3v) is 4.53. The van der Waals surface area contributed by atoms with Crippen molar-refractivity contribution in [3.05, 3.63) is 95.6 Å². The fourth-order valence-corrected chi connectivity index (χ4v) is 2.76. The number of esters is 1. The smallest absolute Gasteiger partial charge is 0.338 e. The summed E-state index contributed by atoms with van der Waals surface area (Å²) >= 11 is 0. The van der Waals surface area contributed by atoms with Gasteiger partial charge in [0, 0.05) is 11.3 Å². The molecule has 0 radical (unpaired) electrons. The normalized spacial score (nSPS) is 11.3. The standard InChI is InChI=1S/C25H23NO5/c1-17(27)21-7-6-8-22(15-21)26-24(28)18(2)31-25(29)20-13-11-19(12-14-20)16-30-23-9-4-3-5-10-23/h3-15,18H,16H2,1-2H3,(H,26,28)/t18-/m0/s1. The van der Waals surface area contributed by atoms with Crippen molar-refractivity contribution in [3.63, 3.8) is 0 Å². The Morgan fingerprint density at radius 1 is 0.871 bits per heavy atom. The van der Waals surface area contributed by atoms with E-state index >= 15 is 0 Å². The van der Waals surface area contributed by atoms with Crippen LogP contribution in [0.4, 0.5) is 5.69 Å². The van der Waals surface area contributed by atoms with E-state index in [0.29, 0.717) is 23.4 Å². The first-order chi connectivity index (χ1) is 14.9. The molecule has 0 aliphatic rings. The van der Waals surface area contributed by atoms with E-state index in [1.807, 2.05) is 30.3 Å². The summed E-state index contributed by atoms with van der Waals surface area (Å²) in [5.74, 6) is -0.426. The Kier molecular flexibility index (Phi) is 7.17. The number of hydrogen-bond acceptors (Lipinski definition) is 5. The van der Waals surface area contributed by atoms with Gasteiger partial charge in [0.15, 0.2) is 11.9 Å². The molecule has 1 atom stereocenters. The second-order valence-electron chi connectivity index (χ2n) is 6.97. The zero-order valence-corrected chi connectivity index (χ0v) is 17.3. The van der Waals surface area contributed by atoms with Gasteiger partial charge in [0.2, 0.25) is 0 Å². The number of ketones is 1. The minimum absolute atomic E-state index is 0.104. The Bertz CT molecular complexity index is 1060. The van der Waals surface area contributed by atoms with Crippen LogP contribution in [0.2, 0.25) is 0 Å². The van der Waals surface area contributed by atoms with E-state index in [2.05, 4.69) is 5.32 Å². The lowest BCUT2D eigenvalue weighted by atomic mass is 10.1. The molecule has 3 aromatic rings. The summed E-state index contributed by atoms with van der Waals surface area (Å²) in [5.41, 5.74) is 2.18. The molecule has 0 saturated carbocycles. The number of rotatable bonds is 8. The predicted octanol–water partition coefficient (Wildman–Crippen LogP) is 4.65. The number of hydrogen-bond donors (Lipinski definition) is 1. The Morgan fingerprint density at radius 2 is 1.58 bits per heavy atom. The molecular formula is C25H23NO5. The summed E-state index contributed by atoms with van der Waals surface area (Å²) in [4.78, 5) is 36.2. The molecule has 0 aliphatic heterocycles. The van der Waals surface area contributed by atoms with Gasteiger partial charge in [-0.25, -0.2) is 4.79 Å². The first-order valence-corrected chi connectivity index (χ1v) is 9.82. The molecule has 3 rings (SSSR count). The van der Waals surface area contributed by atoms with E-state index in [-0.39, 0.29) is 5.78 Å². The summed E-state index contributed by atoms with van der Waals surface area (Å²) in [6.07, 6.45) is -1.01. The molecule has 158 valence electrons. The monoisotopic (exact) mass is 417 g/mol. The SMILES string of the molecule is CC(=O)c1cccc(NC(=O)[C@H](C)OC(=O)c2ccc(COc3ccccc3)cc2)c1. The van der Waals surface area contributed by atoms with E-state index in [1.54, 1.807) is 48.5 Å². The molecule has 0 aromatic heterocycles. The number of benzene rings is 3. The molecule has 6 heteroatoms. The Labute approximate surface area is 180 Å². The molecule has 3 aromatic carbocycles. The van der Waals surface area contributed by atoms with Crippen LogP contribution in [-0.2, 0) is 16.1 Å². The minimum atomic E-state index is -1.01. The maximum absolute atomic E-state index is 12.4. The second-order valence-corrected chi connectivity index (χ2v) is 6.97. The summed E-state index contributed by atoms with van der Waals surface area (Å²) in [7, 11) is 0. The molecule has 0 heterocycles.